The van der Waals surface area contributed by atoms with Crippen LogP contribution in [-0.4, -0.2) is 159 Å². The molecule has 0 fully saturated rings. The maximum Gasteiger partial charge on any atom is 0.0701 e. The lowest BCUT2D eigenvalue weighted by Gasteiger charge is -2.09. The molecule has 0 aromatic rings. The van der Waals surface area contributed by atoms with Gasteiger partial charge in [-0.1, -0.05) is 0 Å². The molecule has 0 N–H and O–H groups in total. The zero-order valence-electron chi connectivity index (χ0n) is 25.3. The van der Waals surface area contributed by atoms with Crippen LogP contribution in [0.5, 0.6) is 0 Å². The van der Waals surface area contributed by atoms with Crippen molar-refractivity contribution >= 4 is 0 Å². The third kappa shape index (κ3) is 37.5. The maximum atomic E-state index is 5.57. The van der Waals surface area contributed by atoms with Gasteiger partial charge in [-0.3, -0.25) is 0 Å². The Bertz CT molecular complexity index is 396. The standard InChI is InChI=1S/C28H58O12/c1-3-30-11-12-34-17-18-36-21-22-38-25-26-40-28-27-39-24-23-37-20-19-35-16-14-32-8-6-4-5-7-31-13-15-33-10-9-29-2/h3-28H2,1-2H3. The Kier molecular flexibility index (Phi) is 38.1. The minimum atomic E-state index is 0.529. The summed E-state index contributed by atoms with van der Waals surface area (Å²) in [5.74, 6) is 0. The average molecular weight is 587 g/mol. The predicted molar refractivity (Wildman–Crippen MR) is 150 cm³/mol. The summed E-state index contributed by atoms with van der Waals surface area (Å²) < 4.78 is 64.7. The van der Waals surface area contributed by atoms with Crippen LogP contribution in [-0.2, 0) is 56.8 Å². The Hall–Kier alpha value is -0.480. The molecule has 0 aromatic heterocycles. The third-order valence-electron chi connectivity index (χ3n) is 5.06. The normalized spacial score (nSPS) is 11.6. The third-order valence-corrected chi connectivity index (χ3v) is 5.06. The van der Waals surface area contributed by atoms with Gasteiger partial charge in [0, 0.05) is 26.9 Å². The van der Waals surface area contributed by atoms with E-state index < -0.39 is 0 Å². The first-order chi connectivity index (χ1) is 19.9. The molecule has 12 nitrogen and oxygen atoms in total. The number of rotatable bonds is 37. The molecule has 0 heterocycles. The van der Waals surface area contributed by atoms with Gasteiger partial charge in [0.05, 0.1) is 132 Å². The van der Waals surface area contributed by atoms with Crippen molar-refractivity contribution in [3.05, 3.63) is 0 Å². The topological polar surface area (TPSA) is 111 Å². The van der Waals surface area contributed by atoms with Gasteiger partial charge < -0.3 is 56.8 Å². The van der Waals surface area contributed by atoms with Gasteiger partial charge in [-0.05, 0) is 26.2 Å². The second kappa shape index (κ2) is 38.5. The molecule has 0 amide bonds. The number of unbranched alkanes of at least 4 members (excludes halogenated alkanes) is 2. The van der Waals surface area contributed by atoms with E-state index in [-0.39, 0.29) is 0 Å². The summed E-state index contributed by atoms with van der Waals surface area (Å²) in [6.07, 6.45) is 3.15. The van der Waals surface area contributed by atoms with Crippen molar-refractivity contribution in [1.29, 1.82) is 0 Å². The first kappa shape index (κ1) is 39.5. The molecule has 0 rings (SSSR count). The number of hydrogen-bond acceptors (Lipinski definition) is 12. The van der Waals surface area contributed by atoms with Crippen molar-refractivity contribution in [2.75, 3.05) is 159 Å². The molecule has 0 unspecified atom stereocenters. The van der Waals surface area contributed by atoms with Gasteiger partial charge in [0.15, 0.2) is 0 Å². The molecule has 0 atom stereocenters. The quantitative estimate of drug-likeness (QED) is 0.0993. The lowest BCUT2D eigenvalue weighted by Crippen LogP contribution is -2.15. The van der Waals surface area contributed by atoms with Crippen LogP contribution in [0.3, 0.4) is 0 Å². The van der Waals surface area contributed by atoms with Crippen molar-refractivity contribution in [2.24, 2.45) is 0 Å². The summed E-state index contributed by atoms with van der Waals surface area (Å²) in [5.41, 5.74) is 0. The highest BCUT2D eigenvalue weighted by Crippen LogP contribution is 1.97. The number of ether oxygens (including phenoxy) is 12. The molecule has 0 aliphatic heterocycles. The molecule has 0 bridgehead atoms. The average Bonchev–Trinajstić information content (AvgIpc) is 2.97. The Balaban J connectivity index is 3.01. The molecule has 0 spiro atoms. The fourth-order valence-electron chi connectivity index (χ4n) is 2.95. The second-order valence-electron chi connectivity index (χ2n) is 8.37. The van der Waals surface area contributed by atoms with Crippen LogP contribution in [0.1, 0.15) is 26.2 Å². The molecule has 0 aliphatic carbocycles. The van der Waals surface area contributed by atoms with E-state index in [4.69, 9.17) is 56.8 Å². The zero-order valence-corrected chi connectivity index (χ0v) is 25.3. The highest BCUT2D eigenvalue weighted by Gasteiger charge is 1.96. The van der Waals surface area contributed by atoms with Crippen molar-refractivity contribution < 1.29 is 56.8 Å². The minimum Gasteiger partial charge on any atom is -0.382 e. The van der Waals surface area contributed by atoms with Gasteiger partial charge in [-0.15, -0.1) is 0 Å². The molecule has 0 aliphatic rings. The number of methoxy groups -OCH3 is 1. The van der Waals surface area contributed by atoms with Crippen LogP contribution in [0.2, 0.25) is 0 Å². The smallest absolute Gasteiger partial charge is 0.0701 e. The van der Waals surface area contributed by atoms with Gasteiger partial charge in [0.25, 0.3) is 0 Å². The zero-order chi connectivity index (χ0) is 28.9. The van der Waals surface area contributed by atoms with Crippen molar-refractivity contribution in [1.82, 2.24) is 0 Å². The SMILES string of the molecule is CCOCCOCCOCCOCCOCCOCCOCCOCCOCCCCCOCCOCCOC. The Morgan fingerprint density at radius 2 is 0.475 bits per heavy atom. The lowest BCUT2D eigenvalue weighted by molar-refractivity contribution is -0.0248. The number of hydrogen-bond donors (Lipinski definition) is 0. The molecule has 242 valence electrons. The summed E-state index contributed by atoms with van der Waals surface area (Å²) in [5, 5.41) is 0. The molecular weight excluding hydrogens is 528 g/mol. The van der Waals surface area contributed by atoms with Gasteiger partial charge in [-0.2, -0.15) is 0 Å². The van der Waals surface area contributed by atoms with E-state index in [1.54, 1.807) is 7.11 Å². The van der Waals surface area contributed by atoms with Gasteiger partial charge in [0.1, 0.15) is 0 Å². The minimum absolute atomic E-state index is 0.529. The maximum absolute atomic E-state index is 5.57. The molecule has 0 radical (unpaired) electrons. The summed E-state index contributed by atoms with van der Waals surface area (Å²) >= 11 is 0. The van der Waals surface area contributed by atoms with Crippen LogP contribution >= 0.6 is 0 Å². The van der Waals surface area contributed by atoms with E-state index in [0.717, 1.165) is 32.5 Å². The van der Waals surface area contributed by atoms with E-state index in [9.17, 15) is 0 Å². The largest absolute Gasteiger partial charge is 0.382 e. The second-order valence-corrected chi connectivity index (χ2v) is 8.37. The lowest BCUT2D eigenvalue weighted by atomic mass is 10.2. The molecule has 12 heteroatoms. The van der Waals surface area contributed by atoms with E-state index in [0.29, 0.717) is 139 Å². The van der Waals surface area contributed by atoms with Gasteiger partial charge in [0.2, 0.25) is 0 Å². The van der Waals surface area contributed by atoms with E-state index >= 15 is 0 Å². The molecular formula is C28H58O12. The summed E-state index contributed by atoms with van der Waals surface area (Å²) in [4.78, 5) is 0. The molecule has 0 saturated carbocycles. The van der Waals surface area contributed by atoms with Crippen LogP contribution in [0.15, 0.2) is 0 Å². The van der Waals surface area contributed by atoms with Crippen molar-refractivity contribution in [2.45, 2.75) is 26.2 Å². The Morgan fingerprint density at radius 1 is 0.250 bits per heavy atom. The molecule has 0 aromatic carbocycles. The Labute approximate surface area is 242 Å². The van der Waals surface area contributed by atoms with E-state index in [1.165, 1.54) is 0 Å². The van der Waals surface area contributed by atoms with Crippen molar-refractivity contribution in [3.8, 4) is 0 Å². The highest BCUT2D eigenvalue weighted by atomic mass is 16.6. The van der Waals surface area contributed by atoms with Crippen LogP contribution < -0.4 is 0 Å². The van der Waals surface area contributed by atoms with Crippen LogP contribution in [0.4, 0.5) is 0 Å². The summed E-state index contributed by atoms with van der Waals surface area (Å²) in [6.45, 7) is 15.5. The fraction of sp³-hybridized carbons (Fsp3) is 1.00. The molecule has 40 heavy (non-hydrogen) atoms. The van der Waals surface area contributed by atoms with Crippen molar-refractivity contribution in [3.63, 3.8) is 0 Å². The van der Waals surface area contributed by atoms with E-state index in [1.807, 2.05) is 6.92 Å². The fourth-order valence-corrected chi connectivity index (χ4v) is 2.95. The van der Waals surface area contributed by atoms with Crippen LogP contribution in [0, 0.1) is 0 Å². The first-order valence-corrected chi connectivity index (χ1v) is 14.8. The Morgan fingerprint density at radius 3 is 0.725 bits per heavy atom. The predicted octanol–water partition coefficient (Wildman–Crippen LogP) is 2.01. The van der Waals surface area contributed by atoms with Crippen LogP contribution in [0.25, 0.3) is 0 Å². The summed E-state index contributed by atoms with van der Waals surface area (Å²) in [7, 11) is 1.66. The summed E-state index contributed by atoms with van der Waals surface area (Å²) in [6, 6.07) is 0. The highest BCUT2D eigenvalue weighted by molar-refractivity contribution is 4.42. The van der Waals surface area contributed by atoms with E-state index in [2.05, 4.69) is 0 Å². The van der Waals surface area contributed by atoms with Gasteiger partial charge >= 0.3 is 0 Å². The monoisotopic (exact) mass is 586 g/mol. The van der Waals surface area contributed by atoms with Gasteiger partial charge in [-0.25, -0.2) is 0 Å². The molecule has 0 saturated heterocycles. The first-order valence-electron chi connectivity index (χ1n) is 14.8.